The molecule has 0 aromatic heterocycles. The summed E-state index contributed by atoms with van der Waals surface area (Å²) in [6.07, 6.45) is -9.20. The number of phenolic OH excluding ortho intramolecular Hbond substituents is 2. The van der Waals surface area contributed by atoms with E-state index >= 15 is 0 Å². The summed E-state index contributed by atoms with van der Waals surface area (Å²) in [5, 5.41) is 72.9. The molecule has 16 nitrogen and oxygen atoms in total. The lowest BCUT2D eigenvalue weighted by Gasteiger charge is -2.42. The third kappa shape index (κ3) is 7.84. The number of hydrogen-bond donors (Lipinski definition) is 7. The Hall–Kier alpha value is -4.78. The molecule has 9 atom stereocenters. The summed E-state index contributed by atoms with van der Waals surface area (Å²) in [6.45, 7) is -1.93. The molecule has 2 saturated heterocycles. The standard InChI is InChI=1S/C36H38O16/c1-46-27-12-18(2-10-23(27)39)3-11-29(41)47-16-36(45)17-48-35(33(36)44)52-32-31(43)30(42)28(15-37)51-34(32)49-21-7-4-19(5-8-21)25-14-24(40)22-9-6-20(38)13-26(22)50-25/h2-13,25,28,30-35,37-39,42-45H,14-17H2,1H3/t25-,28-,30-,31+,32-,33+,34-,35+,36-/m1/s1. The van der Waals surface area contributed by atoms with Gasteiger partial charge in [0.1, 0.15) is 54.4 Å². The van der Waals surface area contributed by atoms with Gasteiger partial charge >= 0.3 is 5.97 Å². The third-order valence-electron chi connectivity index (χ3n) is 8.91. The van der Waals surface area contributed by atoms with Gasteiger partial charge in [0.2, 0.25) is 6.29 Å². The summed E-state index contributed by atoms with van der Waals surface area (Å²) in [5.74, 6) is -0.512. The summed E-state index contributed by atoms with van der Waals surface area (Å²) in [5.41, 5.74) is -0.631. The molecule has 3 aromatic rings. The van der Waals surface area contributed by atoms with Gasteiger partial charge in [-0.15, -0.1) is 0 Å². The highest BCUT2D eigenvalue weighted by Gasteiger charge is 2.54. The number of Topliss-reactive ketones (excluding diaryl/α,β-unsaturated/α-hetero) is 1. The minimum Gasteiger partial charge on any atom is -0.508 e. The molecule has 0 saturated carbocycles. The Bertz CT molecular complexity index is 1780. The van der Waals surface area contributed by atoms with E-state index in [2.05, 4.69) is 0 Å². The fourth-order valence-corrected chi connectivity index (χ4v) is 5.95. The van der Waals surface area contributed by atoms with Crippen molar-refractivity contribution in [2.45, 2.75) is 61.2 Å². The van der Waals surface area contributed by atoms with E-state index in [1.165, 1.54) is 61.7 Å². The molecule has 0 aliphatic carbocycles. The Morgan fingerprint density at radius 1 is 1.00 bits per heavy atom. The number of benzene rings is 3. The zero-order valence-electron chi connectivity index (χ0n) is 27.7. The maximum absolute atomic E-state index is 12.7. The molecule has 6 rings (SSSR count). The average molecular weight is 727 g/mol. The number of aromatic hydroxyl groups is 2. The molecule has 3 aliphatic heterocycles. The molecule has 278 valence electrons. The van der Waals surface area contributed by atoms with Crippen molar-refractivity contribution in [2.24, 2.45) is 0 Å². The van der Waals surface area contributed by atoms with Crippen LogP contribution in [0.15, 0.2) is 66.7 Å². The molecule has 0 radical (unpaired) electrons. The van der Waals surface area contributed by atoms with Crippen LogP contribution < -0.4 is 14.2 Å². The van der Waals surface area contributed by atoms with Gasteiger partial charge < -0.3 is 68.9 Å². The summed E-state index contributed by atoms with van der Waals surface area (Å²) in [6, 6.07) is 15.0. The van der Waals surface area contributed by atoms with E-state index in [0.29, 0.717) is 16.7 Å². The van der Waals surface area contributed by atoms with Gasteiger partial charge in [0.25, 0.3) is 0 Å². The highest BCUT2D eigenvalue weighted by atomic mass is 16.8. The van der Waals surface area contributed by atoms with Crippen LogP contribution in [0.5, 0.6) is 28.7 Å². The Balaban J connectivity index is 1.09. The number of fused-ring (bicyclic) bond motifs is 1. The van der Waals surface area contributed by atoms with Crippen LogP contribution in [0.25, 0.3) is 6.08 Å². The second-order valence-corrected chi connectivity index (χ2v) is 12.5. The number of carbonyl (C=O) groups excluding carboxylic acids is 2. The lowest BCUT2D eigenvalue weighted by molar-refractivity contribution is -0.318. The van der Waals surface area contributed by atoms with Crippen molar-refractivity contribution in [1.82, 2.24) is 0 Å². The number of hydrogen-bond acceptors (Lipinski definition) is 16. The van der Waals surface area contributed by atoms with E-state index < -0.39 is 80.6 Å². The molecule has 0 unspecified atom stereocenters. The number of ketones is 1. The molecule has 7 N–H and O–H groups in total. The van der Waals surface area contributed by atoms with Gasteiger partial charge in [-0.2, -0.15) is 0 Å². The minimum absolute atomic E-state index is 0.0464. The maximum atomic E-state index is 12.7. The second-order valence-electron chi connectivity index (χ2n) is 12.5. The summed E-state index contributed by atoms with van der Waals surface area (Å²) < 4.78 is 39.0. The van der Waals surface area contributed by atoms with Gasteiger partial charge in [-0.3, -0.25) is 4.79 Å². The van der Waals surface area contributed by atoms with Gasteiger partial charge in [-0.25, -0.2) is 4.79 Å². The maximum Gasteiger partial charge on any atom is 0.330 e. The second kappa shape index (κ2) is 15.4. The van der Waals surface area contributed by atoms with Crippen LogP contribution >= 0.6 is 0 Å². The number of rotatable bonds is 11. The molecule has 2 fully saturated rings. The van der Waals surface area contributed by atoms with Crippen molar-refractivity contribution < 1.29 is 78.5 Å². The molecule has 16 heteroatoms. The first-order valence-corrected chi connectivity index (χ1v) is 16.2. The third-order valence-corrected chi connectivity index (χ3v) is 8.91. The minimum atomic E-state index is -2.13. The van der Waals surface area contributed by atoms with Crippen LogP contribution in [0.1, 0.15) is 34.0 Å². The van der Waals surface area contributed by atoms with Crippen LogP contribution in [-0.2, 0) is 23.7 Å². The Labute approximate surface area is 296 Å². The van der Waals surface area contributed by atoms with Crippen molar-refractivity contribution in [1.29, 1.82) is 0 Å². The Morgan fingerprint density at radius 3 is 2.50 bits per heavy atom. The van der Waals surface area contributed by atoms with Crippen LogP contribution in [0.2, 0.25) is 0 Å². The molecule has 52 heavy (non-hydrogen) atoms. The first-order valence-electron chi connectivity index (χ1n) is 16.2. The highest BCUT2D eigenvalue weighted by molar-refractivity contribution is 6.00. The van der Waals surface area contributed by atoms with E-state index in [1.807, 2.05) is 0 Å². The molecule has 0 amide bonds. The number of phenols is 2. The number of esters is 1. The lowest BCUT2D eigenvalue weighted by atomic mass is 9.96. The summed E-state index contributed by atoms with van der Waals surface area (Å²) >= 11 is 0. The van der Waals surface area contributed by atoms with Crippen LogP contribution in [0, 0.1) is 0 Å². The number of methoxy groups -OCH3 is 1. The van der Waals surface area contributed by atoms with Crippen molar-refractivity contribution in [3.8, 4) is 28.7 Å². The van der Waals surface area contributed by atoms with Crippen molar-refractivity contribution >= 4 is 17.8 Å². The molecule has 0 bridgehead atoms. The summed E-state index contributed by atoms with van der Waals surface area (Å²) in [4.78, 5) is 25.1. The topological polar surface area (TPSA) is 240 Å². The SMILES string of the molecule is COc1cc(C=CC(=O)OC[C@@]2(O)CO[C@@H](O[C@H]3[C@H](Oc4ccc([C@H]5CC(=O)c6ccc(O)cc6O5)cc4)O[C@H](CO)[C@@H](O)[C@@H]3O)[C@@H]2O)ccc1O. The molecule has 3 aromatic carbocycles. The van der Waals surface area contributed by atoms with E-state index in [0.717, 1.165) is 6.08 Å². The first-order chi connectivity index (χ1) is 24.9. The Morgan fingerprint density at radius 2 is 1.77 bits per heavy atom. The number of aliphatic hydroxyl groups excluding tert-OH is 4. The quantitative estimate of drug-likeness (QED) is 0.106. The zero-order chi connectivity index (χ0) is 37.2. The largest absolute Gasteiger partial charge is 0.508 e. The van der Waals surface area contributed by atoms with Gasteiger partial charge in [0.15, 0.2) is 35.3 Å². The molecule has 3 aliphatic rings. The predicted octanol–water partition coefficient (Wildman–Crippen LogP) is 0.721. The number of aliphatic hydroxyl groups is 5. The molecular formula is C36H38O16. The smallest absolute Gasteiger partial charge is 0.330 e. The van der Waals surface area contributed by atoms with E-state index in [-0.39, 0.29) is 41.0 Å². The van der Waals surface area contributed by atoms with E-state index in [1.54, 1.807) is 12.1 Å². The monoisotopic (exact) mass is 726 g/mol. The van der Waals surface area contributed by atoms with E-state index in [4.69, 9.17) is 33.2 Å². The Kier molecular flexibility index (Phi) is 11.0. The molecular weight excluding hydrogens is 688 g/mol. The first kappa shape index (κ1) is 37.0. The average Bonchev–Trinajstić information content (AvgIpc) is 3.42. The van der Waals surface area contributed by atoms with Crippen LogP contribution in [-0.4, -0.2) is 123 Å². The van der Waals surface area contributed by atoms with Gasteiger partial charge in [-0.1, -0.05) is 18.2 Å². The van der Waals surface area contributed by atoms with Gasteiger partial charge in [0.05, 0.1) is 32.3 Å². The number of ether oxygens (including phenoxy) is 7. The van der Waals surface area contributed by atoms with Crippen molar-refractivity contribution in [3.05, 3.63) is 83.4 Å². The predicted molar refractivity (Wildman–Crippen MR) is 175 cm³/mol. The fourth-order valence-electron chi connectivity index (χ4n) is 5.95. The van der Waals surface area contributed by atoms with Crippen molar-refractivity contribution in [3.63, 3.8) is 0 Å². The van der Waals surface area contributed by atoms with Crippen LogP contribution in [0.4, 0.5) is 0 Å². The number of carbonyl (C=O) groups is 2. The highest BCUT2D eigenvalue weighted by Crippen LogP contribution is 2.38. The van der Waals surface area contributed by atoms with Gasteiger partial charge in [0, 0.05) is 12.1 Å². The van der Waals surface area contributed by atoms with Crippen molar-refractivity contribution in [2.75, 3.05) is 26.9 Å². The molecule has 3 heterocycles. The summed E-state index contributed by atoms with van der Waals surface area (Å²) in [7, 11) is 1.37. The fraction of sp³-hybridized carbons (Fsp3) is 0.389. The normalized spacial score (nSPS) is 30.1. The molecule has 0 spiro atoms. The van der Waals surface area contributed by atoms with Crippen LogP contribution in [0.3, 0.4) is 0 Å². The van der Waals surface area contributed by atoms with E-state index in [9.17, 15) is 45.3 Å². The lowest BCUT2D eigenvalue weighted by Crippen LogP contribution is -2.62. The van der Waals surface area contributed by atoms with Gasteiger partial charge in [-0.05, 0) is 53.6 Å². The zero-order valence-corrected chi connectivity index (χ0v) is 27.7.